The van der Waals surface area contributed by atoms with Gasteiger partial charge < -0.3 is 5.32 Å². The van der Waals surface area contributed by atoms with E-state index < -0.39 is 4.99 Å². The zero-order valence-electron chi connectivity index (χ0n) is 10.5. The van der Waals surface area contributed by atoms with E-state index in [9.17, 15) is 10.1 Å². The topological polar surface area (TPSA) is 70.2 Å². The number of anilines is 1. The molecule has 1 aromatic rings. The zero-order chi connectivity index (χ0) is 13.3. The Morgan fingerprint density at radius 2 is 2.33 bits per heavy atom. The first-order valence-corrected chi connectivity index (χ1v) is 6.84. The van der Waals surface area contributed by atoms with Crippen LogP contribution in [-0.2, 0) is 6.54 Å². The average molecular weight is 262 g/mol. The van der Waals surface area contributed by atoms with Crippen LogP contribution in [0.3, 0.4) is 0 Å². The van der Waals surface area contributed by atoms with Crippen LogP contribution in [0.1, 0.15) is 19.4 Å². The fourth-order valence-electron chi connectivity index (χ4n) is 2.00. The average Bonchev–Trinajstić information content (AvgIpc) is 2.38. The molecule has 0 saturated heterocycles. The number of aliphatic imine (C=N–C) groups is 1. The number of fused-ring (bicyclic) bond motifs is 1. The molecule has 1 atom stereocenters. The van der Waals surface area contributed by atoms with E-state index in [1.807, 2.05) is 20.1 Å². The van der Waals surface area contributed by atoms with E-state index in [0.717, 1.165) is 11.3 Å². The number of aromatic nitrogens is 1. The summed E-state index contributed by atoms with van der Waals surface area (Å²) in [5.41, 5.74) is 1.56. The molecule has 1 N–H and O–H groups in total. The summed E-state index contributed by atoms with van der Waals surface area (Å²) in [7, 11) is 0. The van der Waals surface area contributed by atoms with E-state index in [1.54, 1.807) is 10.6 Å². The Morgan fingerprint density at radius 3 is 2.89 bits per heavy atom. The lowest BCUT2D eigenvalue weighted by molar-refractivity contribution is 0.710. The first-order chi connectivity index (χ1) is 8.56. The molecule has 0 fully saturated rings. The van der Waals surface area contributed by atoms with Gasteiger partial charge in [0.25, 0.3) is 10.6 Å². The minimum absolute atomic E-state index is 0.0774. The number of hydrogen-bond donors (Lipinski definition) is 1. The van der Waals surface area contributed by atoms with Crippen molar-refractivity contribution >= 4 is 23.3 Å². The third-order valence-electron chi connectivity index (χ3n) is 2.95. The smallest absolute Gasteiger partial charge is 0.267 e. The summed E-state index contributed by atoms with van der Waals surface area (Å²) in [5, 5.41) is 12.4. The van der Waals surface area contributed by atoms with Gasteiger partial charge in [-0.2, -0.15) is 5.26 Å². The summed E-state index contributed by atoms with van der Waals surface area (Å²) >= 11 is 1.31. The molecule has 5 nitrogen and oxygen atoms in total. The van der Waals surface area contributed by atoms with Crippen LogP contribution in [0.25, 0.3) is 0 Å². The van der Waals surface area contributed by atoms with Crippen molar-refractivity contribution in [3.05, 3.63) is 28.0 Å². The molecule has 2 rings (SSSR count). The second-order valence-corrected chi connectivity index (χ2v) is 4.96. The lowest BCUT2D eigenvalue weighted by Crippen LogP contribution is -2.39. The maximum atomic E-state index is 11.8. The van der Waals surface area contributed by atoms with Gasteiger partial charge in [0.05, 0.1) is 0 Å². The van der Waals surface area contributed by atoms with E-state index in [1.165, 1.54) is 17.8 Å². The van der Waals surface area contributed by atoms with Crippen molar-refractivity contribution < 1.29 is 0 Å². The van der Waals surface area contributed by atoms with Crippen LogP contribution < -0.4 is 10.9 Å². The molecule has 0 radical (unpaired) electrons. The Hall–Kier alpha value is -1.74. The SMILES string of the molecule is CCn1c2c(ccc1=O)C(C)=NC(C#N)(SC)N2. The molecular weight excluding hydrogens is 248 g/mol. The van der Waals surface area contributed by atoms with Crippen molar-refractivity contribution in [1.82, 2.24) is 4.57 Å². The fourth-order valence-corrected chi connectivity index (χ4v) is 2.52. The van der Waals surface area contributed by atoms with Gasteiger partial charge in [0.2, 0.25) is 0 Å². The summed E-state index contributed by atoms with van der Waals surface area (Å²) in [5.74, 6) is 0.674. The van der Waals surface area contributed by atoms with Gasteiger partial charge in [-0.15, -0.1) is 0 Å². The Kier molecular flexibility index (Phi) is 3.18. The maximum absolute atomic E-state index is 11.8. The van der Waals surface area contributed by atoms with Crippen molar-refractivity contribution in [3.8, 4) is 6.07 Å². The largest absolute Gasteiger partial charge is 0.326 e. The predicted molar refractivity (Wildman–Crippen MR) is 74.1 cm³/mol. The molecule has 1 unspecified atom stereocenters. The number of nitrogens with zero attached hydrogens (tertiary/aromatic N) is 3. The van der Waals surface area contributed by atoms with Crippen molar-refractivity contribution in [3.63, 3.8) is 0 Å². The second-order valence-electron chi connectivity index (χ2n) is 3.96. The Morgan fingerprint density at radius 1 is 1.61 bits per heavy atom. The summed E-state index contributed by atoms with van der Waals surface area (Å²) in [6.45, 7) is 4.31. The van der Waals surface area contributed by atoms with Gasteiger partial charge in [-0.1, -0.05) is 11.8 Å². The Bertz CT molecular complexity index is 613. The van der Waals surface area contributed by atoms with Crippen molar-refractivity contribution in [1.29, 1.82) is 5.26 Å². The Labute approximate surface area is 110 Å². The first-order valence-electron chi connectivity index (χ1n) is 5.62. The zero-order valence-corrected chi connectivity index (χ0v) is 11.3. The molecule has 0 spiro atoms. The molecule has 0 saturated carbocycles. The molecule has 0 amide bonds. The maximum Gasteiger partial charge on any atom is 0.267 e. The second kappa shape index (κ2) is 4.50. The number of nitrogens with one attached hydrogen (secondary N) is 1. The molecule has 1 aliphatic heterocycles. The van der Waals surface area contributed by atoms with Gasteiger partial charge in [0.1, 0.15) is 11.9 Å². The standard InChI is InChI=1S/C12H14N4OS/c1-4-16-10(17)6-5-9-8(2)14-12(7-13,18-3)15-11(9)16/h5-6,15H,4H2,1-3H3. The fraction of sp³-hybridized carbons (Fsp3) is 0.417. The van der Waals surface area contributed by atoms with E-state index in [2.05, 4.69) is 16.4 Å². The number of rotatable bonds is 2. The quantitative estimate of drug-likeness (QED) is 0.879. The monoisotopic (exact) mass is 262 g/mol. The third-order valence-corrected chi connectivity index (χ3v) is 3.83. The van der Waals surface area contributed by atoms with Crippen LogP contribution in [0.15, 0.2) is 21.9 Å². The highest BCUT2D eigenvalue weighted by atomic mass is 32.2. The first kappa shape index (κ1) is 12.7. The van der Waals surface area contributed by atoms with Gasteiger partial charge in [0, 0.05) is 23.9 Å². The van der Waals surface area contributed by atoms with Gasteiger partial charge in [-0.05, 0) is 26.2 Å². The molecule has 18 heavy (non-hydrogen) atoms. The highest BCUT2D eigenvalue weighted by molar-refractivity contribution is 8.00. The molecule has 0 aliphatic carbocycles. The van der Waals surface area contributed by atoms with E-state index in [-0.39, 0.29) is 5.56 Å². The molecule has 1 aromatic heterocycles. The summed E-state index contributed by atoms with van der Waals surface area (Å²) < 4.78 is 1.62. The van der Waals surface area contributed by atoms with Gasteiger partial charge >= 0.3 is 0 Å². The van der Waals surface area contributed by atoms with Crippen LogP contribution >= 0.6 is 11.8 Å². The highest BCUT2D eigenvalue weighted by Crippen LogP contribution is 2.32. The lowest BCUT2D eigenvalue weighted by atomic mass is 10.1. The van der Waals surface area contributed by atoms with Crippen molar-refractivity contribution in [2.75, 3.05) is 11.6 Å². The summed E-state index contributed by atoms with van der Waals surface area (Å²) in [4.78, 5) is 15.2. The summed E-state index contributed by atoms with van der Waals surface area (Å²) in [6.07, 6.45) is 1.81. The van der Waals surface area contributed by atoms with Crippen LogP contribution in [0.5, 0.6) is 0 Å². The van der Waals surface area contributed by atoms with Crippen LogP contribution in [0.2, 0.25) is 0 Å². The number of hydrogen-bond acceptors (Lipinski definition) is 5. The van der Waals surface area contributed by atoms with Gasteiger partial charge in [0.15, 0.2) is 0 Å². The molecule has 1 aliphatic rings. The van der Waals surface area contributed by atoms with Crippen LogP contribution in [-0.4, -0.2) is 21.5 Å². The molecular formula is C12H14N4OS. The summed E-state index contributed by atoms with van der Waals surface area (Å²) in [6, 6.07) is 5.43. The predicted octanol–water partition coefficient (Wildman–Crippen LogP) is 1.64. The van der Waals surface area contributed by atoms with E-state index in [4.69, 9.17) is 0 Å². The van der Waals surface area contributed by atoms with Crippen LogP contribution in [0, 0.1) is 11.3 Å². The van der Waals surface area contributed by atoms with E-state index in [0.29, 0.717) is 12.4 Å². The normalized spacial score (nSPS) is 21.6. The van der Waals surface area contributed by atoms with Gasteiger partial charge in [-0.3, -0.25) is 9.36 Å². The number of nitriles is 1. The molecule has 94 valence electrons. The lowest BCUT2D eigenvalue weighted by Gasteiger charge is -2.30. The minimum Gasteiger partial charge on any atom is -0.326 e. The molecule has 0 bridgehead atoms. The van der Waals surface area contributed by atoms with Crippen molar-refractivity contribution in [2.45, 2.75) is 25.4 Å². The van der Waals surface area contributed by atoms with E-state index >= 15 is 0 Å². The molecule has 0 aromatic carbocycles. The molecule has 2 heterocycles. The third kappa shape index (κ3) is 1.81. The van der Waals surface area contributed by atoms with Crippen LogP contribution in [0.4, 0.5) is 5.82 Å². The van der Waals surface area contributed by atoms with Crippen molar-refractivity contribution in [2.24, 2.45) is 4.99 Å². The number of pyridine rings is 1. The van der Waals surface area contributed by atoms with Gasteiger partial charge in [-0.25, -0.2) is 4.99 Å². The minimum atomic E-state index is -1.04. The molecule has 6 heteroatoms. The number of thioether (sulfide) groups is 1. The highest BCUT2D eigenvalue weighted by Gasteiger charge is 2.34. The Balaban J connectivity index is 2.70.